The molecule has 31 heavy (non-hydrogen) atoms. The third-order valence-electron chi connectivity index (χ3n) is 5.58. The molecule has 1 aliphatic rings. The Kier molecular flexibility index (Phi) is 6.82. The van der Waals surface area contributed by atoms with Crippen LogP contribution in [-0.2, 0) is 11.2 Å². The number of piperidine rings is 1. The Hall–Kier alpha value is -2.93. The molecule has 0 spiro atoms. The maximum Gasteiger partial charge on any atom is 0.237 e. The van der Waals surface area contributed by atoms with Crippen molar-refractivity contribution in [2.45, 2.75) is 45.1 Å². The summed E-state index contributed by atoms with van der Waals surface area (Å²) in [6.45, 7) is 3.43. The number of imidazole rings is 1. The molecule has 1 aliphatic heterocycles. The first-order chi connectivity index (χ1) is 15.1. The molecule has 1 aromatic carbocycles. The van der Waals surface area contributed by atoms with Gasteiger partial charge in [-0.15, -0.1) is 0 Å². The number of hydrogen-bond donors (Lipinski definition) is 1. The van der Waals surface area contributed by atoms with E-state index in [-0.39, 0.29) is 11.9 Å². The van der Waals surface area contributed by atoms with Crippen LogP contribution in [0.15, 0.2) is 49.1 Å². The summed E-state index contributed by atoms with van der Waals surface area (Å²) >= 11 is 6.21. The summed E-state index contributed by atoms with van der Waals surface area (Å²) in [5.74, 6) is 1.52. The van der Waals surface area contributed by atoms with Crippen LogP contribution in [0.4, 0.5) is 5.82 Å². The van der Waals surface area contributed by atoms with Crippen molar-refractivity contribution in [3.63, 3.8) is 0 Å². The van der Waals surface area contributed by atoms with Crippen molar-refractivity contribution >= 4 is 23.3 Å². The van der Waals surface area contributed by atoms with E-state index >= 15 is 0 Å². The maximum atomic E-state index is 12.7. The van der Waals surface area contributed by atoms with Crippen LogP contribution in [0, 0.1) is 6.92 Å². The minimum atomic E-state index is 0.0598. The van der Waals surface area contributed by atoms with E-state index in [1.165, 1.54) is 0 Å². The highest BCUT2D eigenvalue weighted by molar-refractivity contribution is 6.31. The predicted molar refractivity (Wildman–Crippen MR) is 122 cm³/mol. The smallest absolute Gasteiger partial charge is 0.237 e. The molecular weight excluding hydrogens is 412 g/mol. The number of nitrogens with one attached hydrogen (secondary N) is 1. The molecule has 1 saturated heterocycles. The molecule has 0 bridgehead atoms. The molecule has 0 aliphatic carbocycles. The van der Waals surface area contributed by atoms with Gasteiger partial charge in [-0.25, -0.2) is 9.97 Å². The first-order valence-electron chi connectivity index (χ1n) is 10.7. The summed E-state index contributed by atoms with van der Waals surface area (Å²) in [6.07, 6.45) is 9.59. The van der Waals surface area contributed by atoms with Gasteiger partial charge < -0.3 is 10.2 Å². The lowest BCUT2D eigenvalue weighted by Gasteiger charge is -2.36. The third kappa shape index (κ3) is 5.41. The zero-order valence-corrected chi connectivity index (χ0v) is 18.4. The highest BCUT2D eigenvalue weighted by atomic mass is 35.5. The molecule has 4 rings (SSSR count). The molecule has 3 heterocycles. The van der Waals surface area contributed by atoms with Crippen LogP contribution in [0.25, 0.3) is 5.95 Å². The molecule has 2 aromatic heterocycles. The molecule has 1 fully saturated rings. The normalized spacial score (nSPS) is 16.3. The van der Waals surface area contributed by atoms with Crippen LogP contribution >= 0.6 is 11.6 Å². The fourth-order valence-electron chi connectivity index (χ4n) is 4.01. The lowest BCUT2D eigenvalue weighted by Crippen LogP contribution is -2.43. The van der Waals surface area contributed by atoms with Gasteiger partial charge in [0.15, 0.2) is 0 Å². The average Bonchev–Trinajstić information content (AvgIpc) is 3.30. The van der Waals surface area contributed by atoms with E-state index in [4.69, 9.17) is 16.6 Å². The molecule has 0 saturated carbocycles. The van der Waals surface area contributed by atoms with Gasteiger partial charge in [-0.3, -0.25) is 9.36 Å². The van der Waals surface area contributed by atoms with E-state index in [0.29, 0.717) is 18.9 Å². The number of halogens is 1. The lowest BCUT2D eigenvalue weighted by molar-refractivity contribution is -0.121. The van der Waals surface area contributed by atoms with Gasteiger partial charge >= 0.3 is 0 Å². The zero-order chi connectivity index (χ0) is 21.6. The van der Waals surface area contributed by atoms with Crippen LogP contribution in [-0.4, -0.2) is 44.6 Å². The minimum Gasteiger partial charge on any atom is -0.356 e. The summed E-state index contributed by atoms with van der Waals surface area (Å²) in [7, 11) is 0. The van der Waals surface area contributed by atoms with Crippen molar-refractivity contribution in [2.24, 2.45) is 0 Å². The number of rotatable bonds is 7. The molecule has 0 radical (unpaired) electrons. The number of carbonyl (C=O) groups excluding carboxylic acids is 1. The van der Waals surface area contributed by atoms with Gasteiger partial charge in [-0.2, -0.15) is 4.98 Å². The predicted octanol–water partition coefficient (Wildman–Crippen LogP) is 3.73. The second-order valence-corrected chi connectivity index (χ2v) is 8.28. The molecule has 1 amide bonds. The van der Waals surface area contributed by atoms with Gasteiger partial charge in [0.05, 0.1) is 0 Å². The van der Waals surface area contributed by atoms with Crippen LogP contribution in [0.2, 0.25) is 5.02 Å². The molecular formula is C23H27ClN6O. The first-order valence-corrected chi connectivity index (χ1v) is 11.1. The van der Waals surface area contributed by atoms with Crippen molar-refractivity contribution in [2.75, 3.05) is 18.0 Å². The number of aryl methyl sites for hydroxylation is 1. The van der Waals surface area contributed by atoms with Gasteiger partial charge in [-0.1, -0.05) is 29.8 Å². The molecule has 1 atom stereocenters. The summed E-state index contributed by atoms with van der Waals surface area (Å²) < 4.78 is 1.80. The zero-order valence-electron chi connectivity index (χ0n) is 17.7. The van der Waals surface area contributed by atoms with E-state index in [9.17, 15) is 4.79 Å². The second-order valence-electron chi connectivity index (χ2n) is 7.88. The first kappa shape index (κ1) is 21.3. The maximum absolute atomic E-state index is 12.7. The number of amides is 1. The van der Waals surface area contributed by atoms with Gasteiger partial charge in [0.25, 0.3) is 0 Å². The molecule has 7 nitrogen and oxygen atoms in total. The molecule has 162 valence electrons. The Bertz CT molecular complexity index is 1020. The molecule has 8 heteroatoms. The Morgan fingerprint density at radius 2 is 2.13 bits per heavy atom. The van der Waals surface area contributed by atoms with Crippen molar-refractivity contribution in [1.29, 1.82) is 0 Å². The van der Waals surface area contributed by atoms with E-state index < -0.39 is 0 Å². The quantitative estimate of drug-likeness (QED) is 0.608. The minimum absolute atomic E-state index is 0.0598. The second kappa shape index (κ2) is 9.92. The Morgan fingerprint density at radius 1 is 1.26 bits per heavy atom. The average molecular weight is 439 g/mol. The number of anilines is 1. The highest BCUT2D eigenvalue weighted by Gasteiger charge is 2.26. The van der Waals surface area contributed by atoms with Crippen molar-refractivity contribution in [3.8, 4) is 5.95 Å². The number of hydrogen-bond acceptors (Lipinski definition) is 5. The number of carbonyl (C=O) groups is 1. The summed E-state index contributed by atoms with van der Waals surface area (Å²) in [6, 6.07) is 9.86. The van der Waals surface area contributed by atoms with Gasteiger partial charge in [0.1, 0.15) is 12.1 Å². The Labute approximate surface area is 187 Å². The molecule has 3 aromatic rings. The molecule has 1 unspecified atom stereocenters. The van der Waals surface area contributed by atoms with Crippen LogP contribution in [0.1, 0.15) is 36.9 Å². The summed E-state index contributed by atoms with van der Waals surface area (Å²) in [4.78, 5) is 28.3. The van der Waals surface area contributed by atoms with Crippen LogP contribution in [0.3, 0.4) is 0 Å². The summed E-state index contributed by atoms with van der Waals surface area (Å²) in [5, 5.41) is 3.79. The Morgan fingerprint density at radius 3 is 2.94 bits per heavy atom. The third-order valence-corrected chi connectivity index (χ3v) is 5.95. The van der Waals surface area contributed by atoms with Crippen LogP contribution in [0.5, 0.6) is 0 Å². The van der Waals surface area contributed by atoms with Crippen molar-refractivity contribution in [3.05, 3.63) is 65.3 Å². The fourth-order valence-corrected chi connectivity index (χ4v) is 4.25. The number of aromatic nitrogens is 4. The summed E-state index contributed by atoms with van der Waals surface area (Å²) in [5.41, 5.74) is 1.94. The van der Waals surface area contributed by atoms with Crippen molar-refractivity contribution in [1.82, 2.24) is 24.8 Å². The monoisotopic (exact) mass is 438 g/mol. The van der Waals surface area contributed by atoms with E-state index in [1.807, 2.05) is 43.5 Å². The van der Waals surface area contributed by atoms with E-state index in [0.717, 1.165) is 54.3 Å². The largest absolute Gasteiger partial charge is 0.356 e. The van der Waals surface area contributed by atoms with Gasteiger partial charge in [-0.05, 0) is 44.2 Å². The topological polar surface area (TPSA) is 75.9 Å². The van der Waals surface area contributed by atoms with Gasteiger partial charge in [0, 0.05) is 54.7 Å². The van der Waals surface area contributed by atoms with Crippen LogP contribution < -0.4 is 10.2 Å². The SMILES string of the molecule is Cc1cc(N2CCCCC2CC(=O)NCCc2ccccc2Cl)nc(-n2ccnc2)n1. The number of benzene rings is 1. The van der Waals surface area contributed by atoms with E-state index in [2.05, 4.69) is 20.2 Å². The fraction of sp³-hybridized carbons (Fsp3) is 0.391. The highest BCUT2D eigenvalue weighted by Crippen LogP contribution is 2.26. The van der Waals surface area contributed by atoms with E-state index in [1.54, 1.807) is 17.1 Å². The Balaban J connectivity index is 1.41. The lowest BCUT2D eigenvalue weighted by atomic mass is 9.99. The molecule has 1 N–H and O–H groups in total. The number of nitrogens with zero attached hydrogens (tertiary/aromatic N) is 5. The van der Waals surface area contributed by atoms with Gasteiger partial charge in [0.2, 0.25) is 11.9 Å². The van der Waals surface area contributed by atoms with Crippen molar-refractivity contribution < 1.29 is 4.79 Å². The standard InChI is InChI=1S/C23H27ClN6O/c1-17-14-21(28-23(27-17)29-13-11-25-16-29)30-12-5-4-7-19(30)15-22(31)26-10-9-18-6-2-3-8-20(18)24/h2-3,6,8,11,13-14,16,19H,4-5,7,9-10,12,15H2,1H3,(H,26,31).